The van der Waals surface area contributed by atoms with Gasteiger partial charge in [-0.3, -0.25) is 4.79 Å². The molecule has 3 aromatic heterocycles. The number of nitrogens with zero attached hydrogens (tertiary/aromatic N) is 3. The van der Waals surface area contributed by atoms with Crippen LogP contribution < -0.4 is 5.73 Å². The Kier molecular flexibility index (Phi) is 19.5. The number of aliphatic hydroxyl groups is 3. The number of H-pyrrole nitrogens is 3. The first-order chi connectivity index (χ1) is 17.1. The largest absolute Gasteiger partial charge is 0.480 e. The second-order valence-electron chi connectivity index (χ2n) is 6.68. The van der Waals surface area contributed by atoms with E-state index < -0.39 is 36.2 Å². The lowest BCUT2D eigenvalue weighted by molar-refractivity contribution is -0.150. The van der Waals surface area contributed by atoms with Gasteiger partial charge in [-0.1, -0.05) is 0 Å². The number of rotatable bonds is 9. The number of imidazole rings is 3. The van der Waals surface area contributed by atoms with Crippen molar-refractivity contribution in [1.29, 1.82) is 0 Å². The highest BCUT2D eigenvalue weighted by molar-refractivity contribution is 5.85. The Morgan fingerprint density at radius 2 is 1.22 bits per heavy atom. The molecule has 214 valence electrons. The maximum atomic E-state index is 10.7. The summed E-state index contributed by atoms with van der Waals surface area (Å²) in [4.78, 5) is 50.5. The van der Waals surface area contributed by atoms with Crippen LogP contribution in [0.2, 0.25) is 0 Å². The van der Waals surface area contributed by atoms with Crippen molar-refractivity contribution in [1.82, 2.24) is 29.9 Å². The molecule has 3 rings (SSSR count). The van der Waals surface area contributed by atoms with Gasteiger partial charge in [0.15, 0.2) is 12.2 Å². The van der Waals surface area contributed by atoms with Crippen LogP contribution in [0.25, 0.3) is 0 Å². The molecule has 37 heavy (non-hydrogen) atoms. The Bertz CT molecular complexity index is 934. The van der Waals surface area contributed by atoms with Gasteiger partial charge in [-0.05, 0) is 0 Å². The van der Waals surface area contributed by atoms with Gasteiger partial charge in [-0.25, -0.2) is 24.5 Å². The number of nitrogens with two attached hydrogens (primary N) is 1. The predicted molar refractivity (Wildman–Crippen MR) is 136 cm³/mol. The Labute approximate surface area is 221 Å². The third-order valence-electron chi connectivity index (χ3n) is 4.01. The van der Waals surface area contributed by atoms with Crippen molar-refractivity contribution in [3.05, 3.63) is 54.7 Å². The third-order valence-corrected chi connectivity index (χ3v) is 4.01. The molecule has 3 heterocycles. The van der Waals surface area contributed by atoms with E-state index in [0.717, 1.165) is 12.8 Å². The molecule has 3 unspecified atom stereocenters. The van der Waals surface area contributed by atoms with E-state index in [0.29, 0.717) is 11.4 Å². The summed E-state index contributed by atoms with van der Waals surface area (Å²) in [6, 6.07) is -0.851. The smallest absolute Gasteiger partial charge is 0.335 e. The van der Waals surface area contributed by atoms with Gasteiger partial charge in [0, 0.05) is 66.3 Å². The van der Waals surface area contributed by atoms with Crippen molar-refractivity contribution in [3.63, 3.8) is 0 Å². The molecule has 0 amide bonds. The van der Waals surface area contributed by atoms with E-state index in [1.807, 2.05) is 0 Å². The molecule has 0 aliphatic carbocycles. The Balaban J connectivity index is -0.000000142. The van der Waals surface area contributed by atoms with Gasteiger partial charge in [0.1, 0.15) is 6.04 Å². The van der Waals surface area contributed by atoms with Crippen molar-refractivity contribution in [2.45, 2.75) is 37.5 Å². The maximum absolute atomic E-state index is 10.7. The highest BCUT2D eigenvalue weighted by atomic mass is 35.5. The standard InChI is InChI=1S/C7H10N2O3.C6H9N3O2.C6H8N2O3.CH4O.ClH.3H2/c1-12-7(11)6(10)2-5-3-8-4-9-5;7-5(6(10)11)1-4-2-8-3-9-4;9-5(6(10)11)1-4-2-7-3-8-4;1-2;;;;/h3-4,6,10H,2H2,1H3,(H,8,9);2-3,5H,1,7H2,(H,8,9)(H,10,11);2-3,5,9H,1H2,(H,7,8)(H,10,11);2H,1H3;4*1H. The molecular formula is C20H38ClN7O9. The number of ether oxygens (including phenoxy) is 1. The van der Waals surface area contributed by atoms with Gasteiger partial charge >= 0.3 is 17.9 Å². The third kappa shape index (κ3) is 15.7. The van der Waals surface area contributed by atoms with Gasteiger partial charge in [0.25, 0.3) is 0 Å². The first kappa shape index (κ1) is 35.3. The number of aliphatic hydroxyl groups excluding tert-OH is 3. The number of carboxylic acid groups (broad SMARTS) is 2. The molecule has 0 bridgehead atoms. The number of aromatic amines is 3. The summed E-state index contributed by atoms with van der Waals surface area (Å²) in [5.41, 5.74) is 7.31. The normalized spacial score (nSPS) is 11.8. The number of carbonyl (C=O) groups excluding carboxylic acids is 1. The summed E-state index contributed by atoms with van der Waals surface area (Å²) in [5, 5.41) is 41.7. The quantitative estimate of drug-likeness (QED) is 0.144. The molecule has 0 aliphatic heterocycles. The highest BCUT2D eigenvalue weighted by Crippen LogP contribution is 1.99. The van der Waals surface area contributed by atoms with Crippen molar-refractivity contribution < 1.29 is 48.9 Å². The number of esters is 1. The fraction of sp³-hybridized carbons (Fsp3) is 0.400. The molecule has 0 radical (unpaired) electrons. The van der Waals surface area contributed by atoms with Gasteiger partial charge in [0.2, 0.25) is 0 Å². The van der Waals surface area contributed by atoms with Crippen LogP contribution in [0.3, 0.4) is 0 Å². The Morgan fingerprint density at radius 1 is 0.838 bits per heavy atom. The summed E-state index contributed by atoms with van der Waals surface area (Å²) in [6.07, 6.45) is 7.08. The lowest BCUT2D eigenvalue weighted by atomic mass is 10.2. The van der Waals surface area contributed by atoms with Gasteiger partial charge in [-0.2, -0.15) is 0 Å². The zero-order valence-electron chi connectivity index (χ0n) is 20.0. The van der Waals surface area contributed by atoms with Crippen molar-refractivity contribution in [3.8, 4) is 0 Å². The molecule has 0 fully saturated rings. The van der Waals surface area contributed by atoms with Crippen molar-refractivity contribution in [2.75, 3.05) is 14.2 Å². The van der Waals surface area contributed by atoms with E-state index in [9.17, 15) is 14.4 Å². The van der Waals surface area contributed by atoms with Crippen LogP contribution in [-0.4, -0.2) is 106 Å². The lowest BCUT2D eigenvalue weighted by Crippen LogP contribution is -2.32. The van der Waals surface area contributed by atoms with Gasteiger partial charge in [-0.15, -0.1) is 12.4 Å². The fourth-order valence-electron chi connectivity index (χ4n) is 2.24. The number of halogens is 1. The topological polar surface area (TPSA) is 274 Å². The van der Waals surface area contributed by atoms with E-state index in [1.165, 1.54) is 32.3 Å². The van der Waals surface area contributed by atoms with Crippen LogP contribution in [0.1, 0.15) is 21.4 Å². The molecular weight excluding hydrogens is 518 g/mol. The number of methoxy groups -OCH3 is 1. The van der Waals surface area contributed by atoms with Crippen LogP contribution in [-0.2, 0) is 38.4 Å². The molecule has 10 N–H and O–H groups in total. The van der Waals surface area contributed by atoms with E-state index in [4.69, 9.17) is 31.3 Å². The molecule has 0 aromatic carbocycles. The highest BCUT2D eigenvalue weighted by Gasteiger charge is 2.16. The molecule has 16 nitrogen and oxygen atoms in total. The number of nitrogens with one attached hydrogen (secondary N) is 3. The molecule has 3 atom stereocenters. The summed E-state index contributed by atoms with van der Waals surface area (Å²) in [6.45, 7) is 0. The van der Waals surface area contributed by atoms with E-state index in [2.05, 4.69) is 34.6 Å². The van der Waals surface area contributed by atoms with E-state index >= 15 is 0 Å². The summed E-state index contributed by atoms with van der Waals surface area (Å²) in [5.74, 6) is -2.86. The van der Waals surface area contributed by atoms with Crippen LogP contribution in [0.4, 0.5) is 0 Å². The molecule has 0 saturated heterocycles. The number of carboxylic acids is 2. The number of aromatic nitrogens is 6. The Morgan fingerprint density at radius 3 is 1.51 bits per heavy atom. The van der Waals surface area contributed by atoms with Gasteiger partial charge in [0.05, 0.1) is 26.1 Å². The molecule has 17 heteroatoms. The van der Waals surface area contributed by atoms with E-state index in [1.54, 1.807) is 12.4 Å². The minimum Gasteiger partial charge on any atom is -0.480 e. The number of aliphatic carboxylic acids is 2. The molecule has 0 spiro atoms. The zero-order valence-corrected chi connectivity index (χ0v) is 20.8. The monoisotopic (exact) mass is 555 g/mol. The molecule has 3 aromatic rings. The van der Waals surface area contributed by atoms with Crippen LogP contribution in [0, 0.1) is 0 Å². The number of hydrogen-bond donors (Lipinski definition) is 9. The fourth-order valence-corrected chi connectivity index (χ4v) is 2.24. The zero-order chi connectivity index (χ0) is 27.5. The SMILES string of the molecule is CO.COC(=O)C(O)Cc1cnc[nH]1.Cl.NC(Cc1cnc[nH]1)C(=O)O.O=C(O)C(O)Cc1cnc[nH]1.[HH].[HH].[HH]. The maximum Gasteiger partial charge on any atom is 0.335 e. The van der Waals surface area contributed by atoms with Crippen molar-refractivity contribution >= 4 is 30.3 Å². The summed E-state index contributed by atoms with van der Waals surface area (Å²) in [7, 11) is 2.23. The predicted octanol–water partition coefficient (Wildman–Crippen LogP) is -0.984. The minimum absolute atomic E-state index is 0. The first-order valence-electron chi connectivity index (χ1n) is 10.2. The lowest BCUT2D eigenvalue weighted by Gasteiger charge is -2.05. The summed E-state index contributed by atoms with van der Waals surface area (Å²) < 4.78 is 4.34. The minimum atomic E-state index is -1.35. The Hall–Kier alpha value is -3.83. The van der Waals surface area contributed by atoms with Gasteiger partial charge < -0.3 is 51.0 Å². The average molecular weight is 556 g/mol. The molecule has 0 saturated carbocycles. The molecule has 0 aliphatic rings. The number of carbonyl (C=O) groups is 3. The average Bonchev–Trinajstić information content (AvgIpc) is 3.65. The second-order valence-corrected chi connectivity index (χ2v) is 6.68. The van der Waals surface area contributed by atoms with Crippen LogP contribution >= 0.6 is 12.4 Å². The van der Waals surface area contributed by atoms with Crippen molar-refractivity contribution in [2.24, 2.45) is 5.73 Å². The summed E-state index contributed by atoms with van der Waals surface area (Å²) >= 11 is 0. The number of hydrogen-bond acceptors (Lipinski definition) is 11. The van der Waals surface area contributed by atoms with Crippen LogP contribution in [0.15, 0.2) is 37.6 Å². The van der Waals surface area contributed by atoms with Crippen LogP contribution in [0.5, 0.6) is 0 Å². The van der Waals surface area contributed by atoms with E-state index in [-0.39, 0.29) is 35.9 Å². The first-order valence-corrected chi connectivity index (χ1v) is 10.2. The second kappa shape index (κ2) is 20.4.